The number of hydrogen-bond acceptors (Lipinski definition) is 4. The Morgan fingerprint density at radius 2 is 1.40 bits per heavy atom. The minimum atomic E-state index is -4.14. The van der Waals surface area contributed by atoms with Crippen molar-refractivity contribution in [1.82, 2.24) is 10.2 Å². The summed E-state index contributed by atoms with van der Waals surface area (Å²) < 4.78 is 29.5. The van der Waals surface area contributed by atoms with E-state index in [1.165, 1.54) is 9.21 Å². The Bertz CT molecular complexity index is 1690. The van der Waals surface area contributed by atoms with E-state index in [1.54, 1.807) is 37.4 Å². The molecular formula is C35H39N3O4S. The molecule has 0 aliphatic carbocycles. The summed E-state index contributed by atoms with van der Waals surface area (Å²) in [6.45, 7) is 7.27. The van der Waals surface area contributed by atoms with E-state index < -0.39 is 28.5 Å². The quantitative estimate of drug-likeness (QED) is 0.247. The molecule has 1 unspecified atom stereocenters. The lowest BCUT2D eigenvalue weighted by atomic mass is 10.0. The van der Waals surface area contributed by atoms with Crippen LogP contribution in [0.1, 0.15) is 33.4 Å². The number of amides is 2. The number of hydrogen-bond donors (Lipinski definition) is 1. The van der Waals surface area contributed by atoms with Gasteiger partial charge in [-0.15, -0.1) is 0 Å². The SMILES string of the molecule is CNC(=O)C(Cc1ccccc1)N(Cc1ccccc1C)C(=O)CN(c1ccc(C)cc1C)S(=O)(=O)c1ccc(C)cc1. The Hall–Kier alpha value is -4.43. The van der Waals surface area contributed by atoms with Gasteiger partial charge in [-0.2, -0.15) is 0 Å². The molecule has 0 aliphatic rings. The highest BCUT2D eigenvalue weighted by Crippen LogP contribution is 2.29. The number of aryl methyl sites for hydroxylation is 4. The van der Waals surface area contributed by atoms with Crippen molar-refractivity contribution in [2.24, 2.45) is 0 Å². The van der Waals surface area contributed by atoms with Gasteiger partial charge in [-0.1, -0.05) is 90.0 Å². The summed E-state index contributed by atoms with van der Waals surface area (Å²) in [5.74, 6) is -0.811. The molecule has 0 aromatic heterocycles. The third-order valence-corrected chi connectivity index (χ3v) is 9.40. The summed E-state index contributed by atoms with van der Waals surface area (Å²) >= 11 is 0. The molecule has 1 N–H and O–H groups in total. The minimum Gasteiger partial charge on any atom is -0.357 e. The van der Waals surface area contributed by atoms with Crippen molar-refractivity contribution >= 4 is 27.5 Å². The van der Waals surface area contributed by atoms with Crippen molar-refractivity contribution in [3.05, 3.63) is 130 Å². The molecule has 8 heteroatoms. The third-order valence-electron chi connectivity index (χ3n) is 7.63. The first-order valence-corrected chi connectivity index (χ1v) is 15.7. The number of likely N-dealkylation sites (N-methyl/N-ethyl adjacent to an activating group) is 1. The van der Waals surface area contributed by atoms with Crippen LogP contribution in [-0.4, -0.2) is 44.8 Å². The molecule has 224 valence electrons. The third kappa shape index (κ3) is 7.51. The van der Waals surface area contributed by atoms with E-state index in [4.69, 9.17) is 0 Å². The van der Waals surface area contributed by atoms with E-state index in [2.05, 4.69) is 5.32 Å². The maximum Gasteiger partial charge on any atom is 0.264 e. The van der Waals surface area contributed by atoms with Crippen LogP contribution in [0.2, 0.25) is 0 Å². The monoisotopic (exact) mass is 597 g/mol. The predicted octanol–water partition coefficient (Wildman–Crippen LogP) is 5.50. The number of benzene rings is 4. The van der Waals surface area contributed by atoms with Gasteiger partial charge in [0.1, 0.15) is 12.6 Å². The molecule has 43 heavy (non-hydrogen) atoms. The van der Waals surface area contributed by atoms with Crippen LogP contribution in [0.3, 0.4) is 0 Å². The Morgan fingerprint density at radius 3 is 2.02 bits per heavy atom. The molecule has 0 radical (unpaired) electrons. The summed E-state index contributed by atoms with van der Waals surface area (Å²) in [5.41, 5.74) is 5.76. The van der Waals surface area contributed by atoms with Crippen LogP contribution in [0.25, 0.3) is 0 Å². The topological polar surface area (TPSA) is 86.8 Å². The number of sulfonamides is 1. The van der Waals surface area contributed by atoms with Crippen molar-refractivity contribution in [2.45, 2.75) is 51.6 Å². The fourth-order valence-corrected chi connectivity index (χ4v) is 6.61. The van der Waals surface area contributed by atoms with E-state index >= 15 is 0 Å². The first-order chi connectivity index (χ1) is 20.5. The first-order valence-electron chi connectivity index (χ1n) is 14.3. The average Bonchev–Trinajstić information content (AvgIpc) is 2.99. The van der Waals surface area contributed by atoms with Gasteiger partial charge >= 0.3 is 0 Å². The fourth-order valence-electron chi connectivity index (χ4n) is 5.13. The summed E-state index contributed by atoms with van der Waals surface area (Å²) in [4.78, 5) is 29.4. The van der Waals surface area contributed by atoms with E-state index in [0.29, 0.717) is 5.69 Å². The van der Waals surface area contributed by atoms with Gasteiger partial charge in [0.05, 0.1) is 10.6 Å². The van der Waals surface area contributed by atoms with E-state index in [9.17, 15) is 18.0 Å². The Labute approximate surface area is 255 Å². The van der Waals surface area contributed by atoms with Gasteiger partial charge in [0.25, 0.3) is 10.0 Å². The first kappa shape index (κ1) is 31.5. The molecule has 2 amide bonds. The van der Waals surface area contributed by atoms with E-state index in [0.717, 1.165) is 33.4 Å². The number of nitrogens with zero attached hydrogens (tertiary/aromatic N) is 2. The largest absolute Gasteiger partial charge is 0.357 e. The zero-order valence-corrected chi connectivity index (χ0v) is 26.2. The number of carbonyl (C=O) groups is 2. The summed E-state index contributed by atoms with van der Waals surface area (Å²) in [6, 6.07) is 28.3. The van der Waals surface area contributed by atoms with Crippen LogP contribution in [0.4, 0.5) is 5.69 Å². The van der Waals surface area contributed by atoms with Crippen molar-refractivity contribution in [2.75, 3.05) is 17.9 Å². The normalized spacial score (nSPS) is 11.9. The smallest absolute Gasteiger partial charge is 0.264 e. The molecule has 0 heterocycles. The highest BCUT2D eigenvalue weighted by molar-refractivity contribution is 7.92. The van der Waals surface area contributed by atoms with Crippen LogP contribution < -0.4 is 9.62 Å². The molecule has 0 saturated heterocycles. The lowest BCUT2D eigenvalue weighted by Crippen LogP contribution is -2.53. The van der Waals surface area contributed by atoms with Gasteiger partial charge in [-0.3, -0.25) is 13.9 Å². The highest BCUT2D eigenvalue weighted by atomic mass is 32.2. The maximum atomic E-state index is 14.4. The van der Waals surface area contributed by atoms with Crippen LogP contribution >= 0.6 is 0 Å². The molecule has 0 spiro atoms. The summed E-state index contributed by atoms with van der Waals surface area (Å²) in [7, 11) is -2.60. The zero-order chi connectivity index (χ0) is 31.1. The molecule has 7 nitrogen and oxygen atoms in total. The Morgan fingerprint density at radius 1 is 0.767 bits per heavy atom. The minimum absolute atomic E-state index is 0.0865. The molecule has 0 fully saturated rings. The van der Waals surface area contributed by atoms with E-state index in [1.807, 2.05) is 94.4 Å². The molecule has 4 rings (SSSR count). The molecule has 4 aromatic rings. The van der Waals surface area contributed by atoms with Crippen molar-refractivity contribution < 1.29 is 18.0 Å². The average molecular weight is 598 g/mol. The second-order valence-corrected chi connectivity index (χ2v) is 12.7. The molecular weight excluding hydrogens is 558 g/mol. The van der Waals surface area contributed by atoms with Crippen LogP contribution in [0, 0.1) is 27.7 Å². The fraction of sp³-hybridized carbons (Fsp3) is 0.257. The molecule has 4 aromatic carbocycles. The number of nitrogens with one attached hydrogen (secondary N) is 1. The van der Waals surface area contributed by atoms with Gasteiger partial charge in [0.15, 0.2) is 0 Å². The van der Waals surface area contributed by atoms with Crippen molar-refractivity contribution in [1.29, 1.82) is 0 Å². The summed E-state index contributed by atoms with van der Waals surface area (Å²) in [5, 5.41) is 2.72. The number of anilines is 1. The lowest BCUT2D eigenvalue weighted by molar-refractivity contribution is -0.139. The van der Waals surface area contributed by atoms with Gasteiger partial charge < -0.3 is 10.2 Å². The second kappa shape index (κ2) is 13.7. The van der Waals surface area contributed by atoms with E-state index in [-0.39, 0.29) is 23.8 Å². The Kier molecular flexibility index (Phi) is 10.0. The summed E-state index contributed by atoms with van der Waals surface area (Å²) in [6.07, 6.45) is 0.270. The lowest BCUT2D eigenvalue weighted by Gasteiger charge is -2.34. The maximum absolute atomic E-state index is 14.4. The number of rotatable bonds is 11. The standard InChI is InChI=1S/C35H39N3O4S/c1-25-15-18-31(19-16-25)43(41,42)38(32-20-17-26(2)21-28(32)4)24-34(39)37(23-30-14-10-9-11-27(30)3)33(35(40)36-5)22-29-12-7-6-8-13-29/h6-21,33H,22-24H2,1-5H3,(H,36,40). The van der Waals surface area contributed by atoms with Gasteiger partial charge in [-0.05, 0) is 68.1 Å². The van der Waals surface area contributed by atoms with Crippen LogP contribution in [0.5, 0.6) is 0 Å². The molecule has 0 saturated carbocycles. The highest BCUT2D eigenvalue weighted by Gasteiger charge is 2.35. The predicted molar refractivity (Wildman–Crippen MR) is 171 cm³/mol. The second-order valence-electron chi connectivity index (χ2n) is 10.9. The van der Waals surface area contributed by atoms with Crippen molar-refractivity contribution in [3.8, 4) is 0 Å². The molecule has 0 bridgehead atoms. The Balaban J connectivity index is 1.82. The van der Waals surface area contributed by atoms with Crippen LogP contribution in [-0.2, 0) is 32.6 Å². The van der Waals surface area contributed by atoms with Gasteiger partial charge in [-0.25, -0.2) is 8.42 Å². The molecule has 1 atom stereocenters. The van der Waals surface area contributed by atoms with Gasteiger partial charge in [0.2, 0.25) is 11.8 Å². The van der Waals surface area contributed by atoms with Crippen molar-refractivity contribution in [3.63, 3.8) is 0 Å². The number of carbonyl (C=O) groups excluding carboxylic acids is 2. The van der Waals surface area contributed by atoms with Crippen LogP contribution in [0.15, 0.2) is 102 Å². The molecule has 0 aliphatic heterocycles. The zero-order valence-electron chi connectivity index (χ0n) is 25.4. The van der Waals surface area contributed by atoms with Gasteiger partial charge in [0, 0.05) is 20.0 Å².